The average molecular weight is 304 g/mol. The molecule has 1 heterocycles. The molecule has 1 aliphatic heterocycles. The van der Waals surface area contributed by atoms with Gasteiger partial charge in [0, 0.05) is 12.6 Å². The van der Waals surface area contributed by atoms with E-state index in [1.807, 2.05) is 0 Å². The fourth-order valence-corrected chi connectivity index (χ4v) is 4.16. The van der Waals surface area contributed by atoms with Gasteiger partial charge in [-0.3, -0.25) is 4.79 Å². The summed E-state index contributed by atoms with van der Waals surface area (Å²) in [5, 5.41) is 11.6. The number of carbonyl (C=O) groups excluding carboxylic acids is 1. The lowest BCUT2D eigenvalue weighted by Crippen LogP contribution is -2.49. The number of nitrogens with one attached hydrogen (secondary N) is 1. The van der Waals surface area contributed by atoms with Gasteiger partial charge in [-0.05, 0) is 18.8 Å². The summed E-state index contributed by atoms with van der Waals surface area (Å²) < 4.78 is 22.9. The second-order valence-electron chi connectivity index (χ2n) is 5.54. The molecule has 2 rings (SSSR count). The number of aliphatic carboxylic acids is 1. The van der Waals surface area contributed by atoms with Crippen molar-refractivity contribution in [3.63, 3.8) is 0 Å². The van der Waals surface area contributed by atoms with Crippen LogP contribution in [-0.4, -0.2) is 61.1 Å². The van der Waals surface area contributed by atoms with E-state index in [4.69, 9.17) is 5.11 Å². The third kappa shape index (κ3) is 4.36. The van der Waals surface area contributed by atoms with Crippen molar-refractivity contribution in [2.75, 3.05) is 24.6 Å². The number of amides is 2. The zero-order valence-corrected chi connectivity index (χ0v) is 12.1. The molecule has 20 heavy (non-hydrogen) atoms. The predicted molar refractivity (Wildman–Crippen MR) is 72.1 cm³/mol. The Bertz CT molecular complexity index is 486. The summed E-state index contributed by atoms with van der Waals surface area (Å²) in [6.07, 6.45) is 3.59. The number of carbonyl (C=O) groups is 2. The second kappa shape index (κ2) is 5.99. The molecule has 0 aromatic rings. The molecule has 7 nitrogen and oxygen atoms in total. The lowest BCUT2D eigenvalue weighted by Gasteiger charge is -2.26. The van der Waals surface area contributed by atoms with Crippen LogP contribution in [0.15, 0.2) is 0 Å². The lowest BCUT2D eigenvalue weighted by molar-refractivity contribution is -0.138. The van der Waals surface area contributed by atoms with E-state index in [0.29, 0.717) is 18.9 Å². The molecule has 114 valence electrons. The first-order valence-electron chi connectivity index (χ1n) is 6.84. The summed E-state index contributed by atoms with van der Waals surface area (Å²) in [6, 6.07) is -1.01. The number of carboxylic acid groups (broad SMARTS) is 1. The van der Waals surface area contributed by atoms with Crippen molar-refractivity contribution >= 4 is 21.8 Å². The largest absolute Gasteiger partial charge is 0.480 e. The zero-order valence-electron chi connectivity index (χ0n) is 11.2. The van der Waals surface area contributed by atoms with E-state index in [1.54, 1.807) is 0 Å². The molecule has 0 radical (unpaired) electrons. The third-order valence-corrected chi connectivity index (χ3v) is 5.49. The smallest absolute Gasteiger partial charge is 0.323 e. The molecular weight excluding hydrogens is 284 g/mol. The summed E-state index contributed by atoms with van der Waals surface area (Å²) in [7, 11) is -3.15. The van der Waals surface area contributed by atoms with E-state index in [9.17, 15) is 18.0 Å². The summed E-state index contributed by atoms with van der Waals surface area (Å²) in [5.41, 5.74) is 0. The Hall–Kier alpha value is -1.31. The second-order valence-corrected chi connectivity index (χ2v) is 7.77. The molecule has 1 saturated carbocycles. The Morgan fingerprint density at radius 3 is 2.45 bits per heavy atom. The Balaban J connectivity index is 1.91. The van der Waals surface area contributed by atoms with Crippen LogP contribution in [0.25, 0.3) is 0 Å². The number of carboxylic acids is 1. The zero-order chi connectivity index (χ0) is 14.8. The minimum Gasteiger partial charge on any atom is -0.480 e. The molecule has 0 aromatic heterocycles. The highest BCUT2D eigenvalue weighted by atomic mass is 32.2. The first-order valence-corrected chi connectivity index (χ1v) is 8.66. The van der Waals surface area contributed by atoms with Gasteiger partial charge in [0.2, 0.25) is 0 Å². The first-order chi connectivity index (χ1) is 9.37. The van der Waals surface area contributed by atoms with Gasteiger partial charge in [0.1, 0.15) is 6.54 Å². The molecule has 2 aliphatic rings. The van der Waals surface area contributed by atoms with Gasteiger partial charge in [0.05, 0.1) is 11.5 Å². The van der Waals surface area contributed by atoms with Crippen LogP contribution in [0.4, 0.5) is 4.79 Å². The summed E-state index contributed by atoms with van der Waals surface area (Å²) in [6.45, 7) is 0.0501. The molecule has 1 aliphatic carbocycles. The van der Waals surface area contributed by atoms with E-state index in [1.165, 1.54) is 12.8 Å². The number of sulfone groups is 1. The predicted octanol–water partition coefficient (Wildman–Crippen LogP) is 0.0698. The van der Waals surface area contributed by atoms with Crippen LogP contribution in [0.5, 0.6) is 0 Å². The van der Waals surface area contributed by atoms with Gasteiger partial charge in [0.15, 0.2) is 9.84 Å². The van der Waals surface area contributed by atoms with Crippen molar-refractivity contribution in [1.29, 1.82) is 0 Å². The topological polar surface area (TPSA) is 104 Å². The van der Waals surface area contributed by atoms with E-state index in [2.05, 4.69) is 5.32 Å². The van der Waals surface area contributed by atoms with Crippen molar-refractivity contribution in [3.8, 4) is 0 Å². The van der Waals surface area contributed by atoms with Crippen molar-refractivity contribution < 1.29 is 23.1 Å². The average Bonchev–Trinajstić information content (AvgIpc) is 3.09. The Labute approximate surface area is 118 Å². The van der Waals surface area contributed by atoms with Crippen molar-refractivity contribution in [2.24, 2.45) is 5.92 Å². The van der Waals surface area contributed by atoms with E-state index in [-0.39, 0.29) is 11.5 Å². The highest BCUT2D eigenvalue weighted by molar-refractivity contribution is 7.91. The van der Waals surface area contributed by atoms with Gasteiger partial charge < -0.3 is 15.3 Å². The molecular formula is C12H20N2O5S. The molecule has 0 bridgehead atoms. The fraction of sp³-hybridized carbons (Fsp3) is 0.833. The van der Waals surface area contributed by atoms with Gasteiger partial charge in [-0.2, -0.15) is 0 Å². The fourth-order valence-electron chi connectivity index (χ4n) is 2.42. The molecule has 0 aromatic carbocycles. The Morgan fingerprint density at radius 1 is 1.25 bits per heavy atom. The molecule has 2 N–H and O–H groups in total. The van der Waals surface area contributed by atoms with Gasteiger partial charge in [-0.15, -0.1) is 0 Å². The number of hydrogen-bond donors (Lipinski definition) is 2. The van der Waals surface area contributed by atoms with E-state index < -0.39 is 34.4 Å². The Morgan fingerprint density at radius 2 is 1.95 bits per heavy atom. The monoisotopic (exact) mass is 304 g/mol. The number of nitrogens with zero attached hydrogens (tertiary/aromatic N) is 1. The normalized spacial score (nSPS) is 24.3. The molecule has 8 heteroatoms. The minimum absolute atomic E-state index is 0.0170. The van der Waals surface area contributed by atoms with Crippen LogP contribution in [0, 0.1) is 5.92 Å². The van der Waals surface area contributed by atoms with Crippen molar-refractivity contribution in [2.45, 2.75) is 31.7 Å². The quantitative estimate of drug-likeness (QED) is 0.722. The first kappa shape index (κ1) is 15.1. The SMILES string of the molecule is O=C(O)CN(C(=O)NCCC1CC1)C1CCS(=O)(=O)C1. The van der Waals surface area contributed by atoms with Crippen LogP contribution >= 0.6 is 0 Å². The van der Waals surface area contributed by atoms with Crippen LogP contribution in [0.3, 0.4) is 0 Å². The standard InChI is InChI=1S/C12H20N2O5S/c15-11(16)7-14(10-4-6-20(18,19)8-10)12(17)13-5-3-9-1-2-9/h9-10H,1-8H2,(H,13,17)(H,15,16). The summed E-state index contributed by atoms with van der Waals surface area (Å²) in [5.74, 6) is -0.582. The van der Waals surface area contributed by atoms with E-state index >= 15 is 0 Å². The van der Waals surface area contributed by atoms with Gasteiger partial charge in [0.25, 0.3) is 0 Å². The van der Waals surface area contributed by atoms with E-state index in [0.717, 1.165) is 11.3 Å². The van der Waals surface area contributed by atoms with Crippen LogP contribution < -0.4 is 5.32 Å². The van der Waals surface area contributed by atoms with Crippen LogP contribution in [0.2, 0.25) is 0 Å². The highest BCUT2D eigenvalue weighted by Crippen LogP contribution is 2.31. The highest BCUT2D eigenvalue weighted by Gasteiger charge is 2.35. The molecule has 0 spiro atoms. The maximum atomic E-state index is 12.0. The summed E-state index contributed by atoms with van der Waals surface area (Å²) in [4.78, 5) is 24.0. The molecule has 1 atom stereocenters. The van der Waals surface area contributed by atoms with Gasteiger partial charge in [-0.1, -0.05) is 12.8 Å². The number of rotatable bonds is 6. The lowest BCUT2D eigenvalue weighted by atomic mass is 10.2. The van der Waals surface area contributed by atoms with Crippen LogP contribution in [-0.2, 0) is 14.6 Å². The maximum absolute atomic E-state index is 12.0. The molecule has 2 amide bonds. The van der Waals surface area contributed by atoms with Crippen molar-refractivity contribution in [1.82, 2.24) is 10.2 Å². The minimum atomic E-state index is -3.15. The number of urea groups is 1. The van der Waals surface area contributed by atoms with Gasteiger partial charge >= 0.3 is 12.0 Å². The third-order valence-electron chi connectivity index (χ3n) is 3.74. The molecule has 2 fully saturated rings. The molecule has 1 saturated heterocycles. The van der Waals surface area contributed by atoms with Crippen LogP contribution in [0.1, 0.15) is 25.7 Å². The number of hydrogen-bond acceptors (Lipinski definition) is 4. The van der Waals surface area contributed by atoms with Crippen molar-refractivity contribution in [3.05, 3.63) is 0 Å². The summed E-state index contributed by atoms with van der Waals surface area (Å²) >= 11 is 0. The van der Waals surface area contributed by atoms with Gasteiger partial charge in [-0.25, -0.2) is 13.2 Å². The molecule has 1 unspecified atom stereocenters. The maximum Gasteiger partial charge on any atom is 0.323 e. The Kier molecular flexibility index (Phi) is 4.52.